The highest BCUT2D eigenvalue weighted by atomic mass is 16.4. The minimum atomic E-state index is -1.14. The average molecular weight is 385 g/mol. The van der Waals surface area contributed by atoms with Gasteiger partial charge in [0.25, 0.3) is 0 Å². The molecule has 2 atom stereocenters. The molecule has 7 heteroatoms. The van der Waals surface area contributed by atoms with Gasteiger partial charge in [-0.15, -0.1) is 0 Å². The molecule has 0 aliphatic rings. The third kappa shape index (κ3) is 6.33. The molecule has 1 aromatic heterocycles. The lowest BCUT2D eigenvalue weighted by Gasteiger charge is -2.23. The molecule has 0 fully saturated rings. The van der Waals surface area contributed by atoms with Crippen molar-refractivity contribution in [3.8, 4) is 0 Å². The van der Waals surface area contributed by atoms with Crippen LogP contribution in [0.5, 0.6) is 0 Å². The van der Waals surface area contributed by atoms with Gasteiger partial charge >= 0.3 is 5.97 Å². The molecule has 0 unspecified atom stereocenters. The highest BCUT2D eigenvalue weighted by molar-refractivity contribution is 5.91. The fourth-order valence-corrected chi connectivity index (χ4v) is 2.79. The molecule has 150 valence electrons. The minimum absolute atomic E-state index is 0.0379. The number of hydrogen-bond acceptors (Lipinski definition) is 4. The first-order valence-corrected chi connectivity index (χ1v) is 9.24. The van der Waals surface area contributed by atoms with E-state index in [1.54, 1.807) is 0 Å². The van der Waals surface area contributed by atoms with E-state index in [2.05, 4.69) is 15.3 Å². The summed E-state index contributed by atoms with van der Waals surface area (Å²) in [6.45, 7) is 5.43. The van der Waals surface area contributed by atoms with Crippen LogP contribution in [-0.2, 0) is 27.2 Å². The number of imidazole rings is 1. The summed E-state index contributed by atoms with van der Waals surface area (Å²) in [5.41, 5.74) is 0.958. The zero-order chi connectivity index (χ0) is 20.7. The molecular formula is C21H27N3O4. The van der Waals surface area contributed by atoms with Crippen LogP contribution in [0.4, 0.5) is 0 Å². The number of nitrogens with zero attached hydrogens (tertiary/aromatic N) is 1. The zero-order valence-corrected chi connectivity index (χ0v) is 16.4. The number of rotatable bonds is 9. The van der Waals surface area contributed by atoms with Crippen molar-refractivity contribution >= 4 is 17.7 Å². The number of hydrogen-bond donors (Lipinski definition) is 3. The molecule has 0 aliphatic heterocycles. The van der Waals surface area contributed by atoms with Gasteiger partial charge in [-0.2, -0.15) is 0 Å². The molecule has 0 bridgehead atoms. The predicted octanol–water partition coefficient (Wildman–Crippen LogP) is 2.39. The summed E-state index contributed by atoms with van der Waals surface area (Å²) in [6.07, 6.45) is 3.49. The van der Waals surface area contributed by atoms with Gasteiger partial charge in [0.15, 0.2) is 0 Å². The first-order valence-electron chi connectivity index (χ1n) is 9.24. The maximum atomic E-state index is 12.9. The van der Waals surface area contributed by atoms with Crippen molar-refractivity contribution in [2.45, 2.75) is 46.1 Å². The Morgan fingerprint density at radius 3 is 2.36 bits per heavy atom. The fourth-order valence-electron chi connectivity index (χ4n) is 2.79. The van der Waals surface area contributed by atoms with Gasteiger partial charge in [0, 0.05) is 36.1 Å². The van der Waals surface area contributed by atoms with Crippen LogP contribution < -0.4 is 5.32 Å². The molecule has 0 saturated carbocycles. The van der Waals surface area contributed by atoms with Gasteiger partial charge in [0.05, 0.1) is 6.33 Å². The van der Waals surface area contributed by atoms with E-state index in [0.29, 0.717) is 12.1 Å². The van der Waals surface area contributed by atoms with Crippen molar-refractivity contribution < 1.29 is 19.5 Å². The van der Waals surface area contributed by atoms with Crippen LogP contribution in [0.2, 0.25) is 0 Å². The molecule has 7 nitrogen and oxygen atoms in total. The summed E-state index contributed by atoms with van der Waals surface area (Å²) in [5.74, 6) is -2.25. The van der Waals surface area contributed by atoms with Gasteiger partial charge in [-0.05, 0) is 12.0 Å². The molecule has 3 N–H and O–H groups in total. The first-order chi connectivity index (χ1) is 13.2. The SMILES string of the molecule is CC(C)(C)C(=O)C[C@@H](Cc1ccccc1)C(=O)N[C@@H](Cc1cnc[nH]1)C(=O)O. The lowest BCUT2D eigenvalue weighted by Crippen LogP contribution is -2.46. The third-order valence-corrected chi connectivity index (χ3v) is 4.56. The number of benzene rings is 1. The Morgan fingerprint density at radius 1 is 1.14 bits per heavy atom. The van der Waals surface area contributed by atoms with Crippen molar-refractivity contribution in [2.75, 3.05) is 0 Å². The van der Waals surface area contributed by atoms with Gasteiger partial charge in [0.2, 0.25) is 5.91 Å². The highest BCUT2D eigenvalue weighted by Crippen LogP contribution is 2.22. The maximum Gasteiger partial charge on any atom is 0.326 e. The van der Waals surface area contributed by atoms with E-state index in [-0.39, 0.29) is 18.6 Å². The van der Waals surface area contributed by atoms with E-state index in [1.165, 1.54) is 12.5 Å². The van der Waals surface area contributed by atoms with Crippen LogP contribution in [0.25, 0.3) is 0 Å². The van der Waals surface area contributed by atoms with Gasteiger partial charge in [-0.3, -0.25) is 9.59 Å². The van der Waals surface area contributed by atoms with Crippen molar-refractivity contribution in [1.29, 1.82) is 0 Å². The molecule has 0 saturated heterocycles. The van der Waals surface area contributed by atoms with Gasteiger partial charge in [-0.1, -0.05) is 51.1 Å². The van der Waals surface area contributed by atoms with Crippen molar-refractivity contribution in [3.05, 3.63) is 54.1 Å². The number of carboxylic acid groups (broad SMARTS) is 1. The summed E-state index contributed by atoms with van der Waals surface area (Å²) in [6, 6.07) is 8.30. The van der Waals surface area contributed by atoms with Gasteiger partial charge < -0.3 is 15.4 Å². The van der Waals surface area contributed by atoms with E-state index < -0.39 is 29.3 Å². The number of aromatic nitrogens is 2. The largest absolute Gasteiger partial charge is 0.480 e. The van der Waals surface area contributed by atoms with E-state index in [4.69, 9.17) is 0 Å². The Hall–Kier alpha value is -2.96. The number of aromatic amines is 1. The van der Waals surface area contributed by atoms with Crippen LogP contribution in [0.1, 0.15) is 38.4 Å². The fraction of sp³-hybridized carbons (Fsp3) is 0.429. The molecule has 1 heterocycles. The van der Waals surface area contributed by atoms with Crippen molar-refractivity contribution in [3.63, 3.8) is 0 Å². The normalized spacial score (nSPS) is 13.5. The van der Waals surface area contributed by atoms with Crippen LogP contribution in [0, 0.1) is 11.3 Å². The summed E-state index contributed by atoms with van der Waals surface area (Å²) in [5, 5.41) is 12.1. The summed E-state index contributed by atoms with van der Waals surface area (Å²) in [4.78, 5) is 43.7. The van der Waals surface area contributed by atoms with Crippen LogP contribution >= 0.6 is 0 Å². The van der Waals surface area contributed by atoms with Crippen molar-refractivity contribution in [2.24, 2.45) is 11.3 Å². The van der Waals surface area contributed by atoms with E-state index in [0.717, 1.165) is 5.56 Å². The summed E-state index contributed by atoms with van der Waals surface area (Å²) in [7, 11) is 0. The molecule has 0 aliphatic carbocycles. The number of carboxylic acids is 1. The molecular weight excluding hydrogens is 358 g/mol. The summed E-state index contributed by atoms with van der Waals surface area (Å²) < 4.78 is 0. The molecule has 2 rings (SSSR count). The standard InChI is InChI=1S/C21H27N3O4/c1-21(2,3)18(25)10-15(9-14-7-5-4-6-8-14)19(26)24-17(20(27)28)11-16-12-22-13-23-16/h4-8,12-13,15,17H,9-11H2,1-3H3,(H,22,23)(H,24,26)(H,27,28)/t15-,17+/m1/s1. The summed E-state index contributed by atoms with van der Waals surface area (Å²) >= 11 is 0. The topological polar surface area (TPSA) is 112 Å². The molecule has 0 radical (unpaired) electrons. The lowest BCUT2D eigenvalue weighted by atomic mass is 9.83. The first kappa shape index (κ1) is 21.3. The monoisotopic (exact) mass is 385 g/mol. The Morgan fingerprint density at radius 2 is 1.82 bits per heavy atom. The van der Waals surface area contributed by atoms with Crippen LogP contribution in [0.15, 0.2) is 42.9 Å². The number of amides is 1. The van der Waals surface area contributed by atoms with Gasteiger partial charge in [-0.25, -0.2) is 9.78 Å². The molecule has 1 aromatic carbocycles. The zero-order valence-electron chi connectivity index (χ0n) is 16.4. The number of nitrogens with one attached hydrogen (secondary N) is 2. The van der Waals surface area contributed by atoms with Gasteiger partial charge in [0.1, 0.15) is 11.8 Å². The molecule has 0 spiro atoms. The average Bonchev–Trinajstić information content (AvgIpc) is 3.13. The number of H-pyrrole nitrogens is 1. The molecule has 1 amide bonds. The maximum absolute atomic E-state index is 12.9. The molecule has 28 heavy (non-hydrogen) atoms. The number of carbonyl (C=O) groups excluding carboxylic acids is 2. The third-order valence-electron chi connectivity index (χ3n) is 4.56. The second-order valence-electron chi connectivity index (χ2n) is 7.94. The number of ketones is 1. The second kappa shape index (κ2) is 9.30. The Bertz CT molecular complexity index is 795. The smallest absolute Gasteiger partial charge is 0.326 e. The highest BCUT2D eigenvalue weighted by Gasteiger charge is 2.31. The predicted molar refractivity (Wildman–Crippen MR) is 105 cm³/mol. The van der Waals surface area contributed by atoms with E-state index in [1.807, 2.05) is 51.1 Å². The second-order valence-corrected chi connectivity index (χ2v) is 7.94. The Labute approximate surface area is 164 Å². The quantitative estimate of drug-likeness (QED) is 0.613. The van der Waals surface area contributed by atoms with E-state index >= 15 is 0 Å². The number of aliphatic carboxylic acids is 1. The minimum Gasteiger partial charge on any atom is -0.480 e. The number of carbonyl (C=O) groups is 3. The van der Waals surface area contributed by atoms with Crippen LogP contribution in [0.3, 0.4) is 0 Å². The Balaban J connectivity index is 2.15. The lowest BCUT2D eigenvalue weighted by molar-refractivity contribution is -0.142. The van der Waals surface area contributed by atoms with E-state index in [9.17, 15) is 19.5 Å². The Kier molecular flexibility index (Phi) is 7.09. The molecule has 2 aromatic rings. The van der Waals surface area contributed by atoms with Crippen LogP contribution in [-0.4, -0.2) is 38.8 Å². The number of Topliss-reactive ketones (excluding diaryl/α,β-unsaturated/α-hetero) is 1. The van der Waals surface area contributed by atoms with Crippen molar-refractivity contribution in [1.82, 2.24) is 15.3 Å².